The number of hydrogen-bond donors (Lipinski definition) is 2. The minimum atomic E-state index is -1.10. The van der Waals surface area contributed by atoms with Gasteiger partial charge in [0.2, 0.25) is 11.6 Å². The van der Waals surface area contributed by atoms with Crippen LogP contribution in [0.25, 0.3) is 0 Å². The molecule has 0 aromatic carbocycles. The van der Waals surface area contributed by atoms with Gasteiger partial charge in [-0.15, -0.1) is 0 Å². The maximum Gasteiger partial charge on any atom is 0.304 e. The predicted molar refractivity (Wildman–Crippen MR) is 117 cm³/mol. The number of rotatable bonds is 21. The van der Waals surface area contributed by atoms with Crippen LogP contribution in [0, 0.1) is 11.8 Å². The van der Waals surface area contributed by atoms with Gasteiger partial charge in [-0.05, 0) is 12.8 Å². The van der Waals surface area contributed by atoms with Crippen molar-refractivity contribution < 1.29 is 29.4 Å². The third-order valence-electron chi connectivity index (χ3n) is 5.64. The van der Waals surface area contributed by atoms with Gasteiger partial charge < -0.3 is 10.2 Å². The monoisotopic (exact) mass is 426 g/mol. The van der Waals surface area contributed by atoms with Gasteiger partial charge in [0.1, 0.15) is 0 Å². The van der Waals surface area contributed by atoms with Gasteiger partial charge in [0.25, 0.3) is 0 Å². The molecule has 0 aliphatic heterocycles. The van der Waals surface area contributed by atoms with Crippen LogP contribution in [0.3, 0.4) is 0 Å². The Hall–Kier alpha value is -1.72. The number of carboxylic acid groups (broad SMARTS) is 2. The van der Waals surface area contributed by atoms with Crippen molar-refractivity contribution in [1.82, 2.24) is 0 Å². The van der Waals surface area contributed by atoms with Crippen molar-refractivity contribution in [3.63, 3.8) is 0 Å². The summed E-state index contributed by atoms with van der Waals surface area (Å²) in [5.41, 5.74) is 0. The molecule has 0 radical (unpaired) electrons. The molecule has 0 aliphatic rings. The van der Waals surface area contributed by atoms with Crippen molar-refractivity contribution in [3.05, 3.63) is 0 Å². The third kappa shape index (κ3) is 14.3. The van der Waals surface area contributed by atoms with Gasteiger partial charge in [0, 0.05) is 11.8 Å². The van der Waals surface area contributed by atoms with Crippen LogP contribution in [0.15, 0.2) is 0 Å². The van der Waals surface area contributed by atoms with Crippen LogP contribution in [0.2, 0.25) is 0 Å². The molecule has 2 atom stereocenters. The number of Topliss-reactive ketones (excluding diaryl/α,β-unsaturated/α-hetero) is 2. The second-order valence-electron chi connectivity index (χ2n) is 8.43. The summed E-state index contributed by atoms with van der Waals surface area (Å²) in [4.78, 5) is 47.9. The number of carbonyl (C=O) groups is 4. The fourth-order valence-electron chi connectivity index (χ4n) is 3.82. The highest BCUT2D eigenvalue weighted by Gasteiger charge is 2.33. The molecular formula is C24H42O6. The molecular weight excluding hydrogens is 384 g/mol. The van der Waals surface area contributed by atoms with Crippen LogP contribution in [0.1, 0.15) is 117 Å². The molecule has 2 unspecified atom stereocenters. The molecule has 0 heterocycles. The quantitative estimate of drug-likeness (QED) is 0.177. The number of carboxylic acids is 2. The number of carbonyl (C=O) groups excluding carboxylic acids is 2. The molecule has 174 valence electrons. The normalized spacial score (nSPS) is 13.0. The summed E-state index contributed by atoms with van der Waals surface area (Å²) in [6.07, 6.45) is 12.2. The van der Waals surface area contributed by atoms with E-state index in [-0.39, 0.29) is 12.8 Å². The maximum atomic E-state index is 12.7. The van der Waals surface area contributed by atoms with E-state index in [1.54, 1.807) is 0 Å². The van der Waals surface area contributed by atoms with Crippen molar-refractivity contribution in [2.75, 3.05) is 0 Å². The lowest BCUT2D eigenvalue weighted by atomic mass is 9.84. The zero-order chi connectivity index (χ0) is 22.8. The highest BCUT2D eigenvalue weighted by Crippen LogP contribution is 2.23. The van der Waals surface area contributed by atoms with E-state index in [0.29, 0.717) is 25.7 Å². The lowest BCUT2D eigenvalue weighted by molar-refractivity contribution is -0.147. The van der Waals surface area contributed by atoms with Crippen LogP contribution in [0.4, 0.5) is 0 Å². The third-order valence-corrected chi connectivity index (χ3v) is 5.64. The first-order valence-corrected chi connectivity index (χ1v) is 11.8. The van der Waals surface area contributed by atoms with E-state index >= 15 is 0 Å². The first-order valence-electron chi connectivity index (χ1n) is 11.8. The Morgan fingerprint density at radius 3 is 1.13 bits per heavy atom. The maximum absolute atomic E-state index is 12.7. The second kappa shape index (κ2) is 18.1. The highest BCUT2D eigenvalue weighted by molar-refractivity contribution is 6.39. The van der Waals surface area contributed by atoms with Gasteiger partial charge in [-0.1, -0.05) is 90.9 Å². The first kappa shape index (κ1) is 28.3. The Labute approximate surface area is 181 Å². The molecule has 0 saturated heterocycles. The van der Waals surface area contributed by atoms with E-state index in [4.69, 9.17) is 10.2 Å². The van der Waals surface area contributed by atoms with Crippen molar-refractivity contribution in [3.8, 4) is 0 Å². The SMILES string of the molecule is CCCCCCCCC(CC(=O)O)C(=O)C(=O)C(CCCCCCCC)CC(=O)O. The zero-order valence-electron chi connectivity index (χ0n) is 19.0. The second-order valence-corrected chi connectivity index (χ2v) is 8.43. The van der Waals surface area contributed by atoms with E-state index in [9.17, 15) is 19.2 Å². The lowest BCUT2D eigenvalue weighted by Gasteiger charge is -2.18. The van der Waals surface area contributed by atoms with Gasteiger partial charge in [-0.2, -0.15) is 0 Å². The molecule has 0 aromatic rings. The molecule has 30 heavy (non-hydrogen) atoms. The van der Waals surface area contributed by atoms with Gasteiger partial charge in [-0.25, -0.2) is 0 Å². The van der Waals surface area contributed by atoms with Gasteiger partial charge in [-0.3, -0.25) is 19.2 Å². The number of hydrogen-bond acceptors (Lipinski definition) is 4. The predicted octanol–water partition coefficient (Wildman–Crippen LogP) is 5.81. The Morgan fingerprint density at radius 2 is 0.833 bits per heavy atom. The molecule has 0 amide bonds. The summed E-state index contributed by atoms with van der Waals surface area (Å²) in [5, 5.41) is 18.3. The average Bonchev–Trinajstić information content (AvgIpc) is 2.69. The van der Waals surface area contributed by atoms with Crippen molar-refractivity contribution in [1.29, 1.82) is 0 Å². The molecule has 0 saturated carbocycles. The smallest absolute Gasteiger partial charge is 0.304 e. The Kier molecular flexibility index (Phi) is 17.0. The van der Waals surface area contributed by atoms with Crippen LogP contribution >= 0.6 is 0 Å². The molecule has 6 heteroatoms. The minimum absolute atomic E-state index is 0.365. The largest absolute Gasteiger partial charge is 0.481 e. The van der Waals surface area contributed by atoms with Crippen LogP contribution < -0.4 is 0 Å². The van der Waals surface area contributed by atoms with Crippen LogP contribution in [-0.4, -0.2) is 33.7 Å². The highest BCUT2D eigenvalue weighted by atomic mass is 16.4. The molecule has 0 aromatic heterocycles. The van der Waals surface area contributed by atoms with Crippen molar-refractivity contribution >= 4 is 23.5 Å². The Morgan fingerprint density at radius 1 is 0.533 bits per heavy atom. The number of aliphatic carboxylic acids is 2. The summed E-state index contributed by atoms with van der Waals surface area (Å²) >= 11 is 0. The van der Waals surface area contributed by atoms with E-state index in [2.05, 4.69) is 13.8 Å². The van der Waals surface area contributed by atoms with E-state index < -0.39 is 35.3 Å². The zero-order valence-corrected chi connectivity index (χ0v) is 19.0. The van der Waals surface area contributed by atoms with Crippen LogP contribution in [0.5, 0.6) is 0 Å². The standard InChI is InChI=1S/C24H42O6/c1-3-5-7-9-11-13-15-19(17-21(25)26)23(29)24(30)20(18-22(27)28)16-14-12-10-8-6-4-2/h19-20H,3-18H2,1-2H3,(H,25,26)(H,27,28). The molecule has 0 spiro atoms. The summed E-state index contributed by atoms with van der Waals surface area (Å²) in [6, 6.07) is 0. The van der Waals surface area contributed by atoms with E-state index in [1.165, 1.54) is 0 Å². The summed E-state index contributed by atoms with van der Waals surface area (Å²) < 4.78 is 0. The summed E-state index contributed by atoms with van der Waals surface area (Å²) in [5.74, 6) is -5.27. The Bertz CT molecular complexity index is 468. The van der Waals surface area contributed by atoms with Gasteiger partial charge in [0.05, 0.1) is 12.8 Å². The fourth-order valence-corrected chi connectivity index (χ4v) is 3.82. The van der Waals surface area contributed by atoms with Gasteiger partial charge >= 0.3 is 11.9 Å². The topological polar surface area (TPSA) is 109 Å². The fraction of sp³-hybridized carbons (Fsp3) is 0.833. The first-order chi connectivity index (χ1) is 14.3. The molecule has 0 rings (SSSR count). The molecule has 0 aliphatic carbocycles. The number of ketones is 2. The summed E-state index contributed by atoms with van der Waals surface area (Å²) in [7, 11) is 0. The van der Waals surface area contributed by atoms with E-state index in [0.717, 1.165) is 64.2 Å². The van der Waals surface area contributed by atoms with Crippen LogP contribution in [-0.2, 0) is 19.2 Å². The van der Waals surface area contributed by atoms with Crippen molar-refractivity contribution in [2.24, 2.45) is 11.8 Å². The average molecular weight is 427 g/mol. The number of unbranched alkanes of at least 4 members (excludes halogenated alkanes) is 10. The molecule has 0 fully saturated rings. The van der Waals surface area contributed by atoms with Gasteiger partial charge in [0.15, 0.2) is 0 Å². The summed E-state index contributed by atoms with van der Waals surface area (Å²) in [6.45, 7) is 4.26. The molecule has 0 bridgehead atoms. The van der Waals surface area contributed by atoms with Crippen molar-refractivity contribution in [2.45, 2.75) is 117 Å². The van der Waals surface area contributed by atoms with E-state index in [1.807, 2.05) is 0 Å². The molecule has 2 N–H and O–H groups in total. The minimum Gasteiger partial charge on any atom is -0.481 e. The Balaban J connectivity index is 4.78. The lowest BCUT2D eigenvalue weighted by Crippen LogP contribution is -2.32. The molecule has 6 nitrogen and oxygen atoms in total.